The average Bonchev–Trinajstić information content (AvgIpc) is 3.29. The smallest absolute Gasteiger partial charge is 1.00 e. The van der Waals surface area contributed by atoms with Gasteiger partial charge in [-0.25, -0.2) is 0 Å². The van der Waals surface area contributed by atoms with E-state index in [1.54, 1.807) is 0 Å². The predicted octanol–water partition coefficient (Wildman–Crippen LogP) is -1.47. The SMILES string of the molecule is O=C([NH][Ti+2]([CH]1C=Cc2ccccc21)[SiH](c1ccccc1)c1ccccc1)C1CCCCC1.[Cl-].[Cl-]. The molecular formula is C28H30Cl2NOSiTi. The van der Waals surface area contributed by atoms with E-state index in [1.807, 2.05) is 0 Å². The van der Waals surface area contributed by atoms with Crippen LogP contribution in [0.2, 0.25) is 0 Å². The first-order chi connectivity index (χ1) is 15.8. The van der Waals surface area contributed by atoms with E-state index in [-0.39, 0.29) is 30.7 Å². The van der Waals surface area contributed by atoms with Crippen LogP contribution in [0, 0.1) is 5.92 Å². The molecule has 34 heavy (non-hydrogen) atoms. The molecule has 175 valence electrons. The maximum atomic E-state index is 13.6. The van der Waals surface area contributed by atoms with Crippen LogP contribution in [-0.4, -0.2) is 12.6 Å². The molecular weight excluding hydrogens is 513 g/mol. The molecule has 0 radical (unpaired) electrons. The largest absolute Gasteiger partial charge is 1.00 e. The van der Waals surface area contributed by atoms with Crippen LogP contribution >= 0.6 is 0 Å². The minimum atomic E-state index is -2.14. The van der Waals surface area contributed by atoms with E-state index in [2.05, 4.69) is 101 Å². The van der Waals surface area contributed by atoms with Gasteiger partial charge in [0.05, 0.1) is 0 Å². The molecule has 1 amide bonds. The van der Waals surface area contributed by atoms with E-state index < -0.39 is 24.0 Å². The van der Waals surface area contributed by atoms with Crippen LogP contribution in [0.3, 0.4) is 0 Å². The van der Waals surface area contributed by atoms with Gasteiger partial charge in [0.1, 0.15) is 0 Å². The number of allylic oxidation sites excluding steroid dienone is 1. The van der Waals surface area contributed by atoms with Crippen molar-refractivity contribution < 1.29 is 47.0 Å². The summed E-state index contributed by atoms with van der Waals surface area (Å²) in [7, 11) is 0. The first kappa shape index (κ1) is 27.0. The Kier molecular flexibility index (Phi) is 10.2. The summed E-state index contributed by atoms with van der Waals surface area (Å²) in [5, 5.41) is 2.91. The minimum absolute atomic E-state index is 0. The molecule has 0 aliphatic heterocycles. The fourth-order valence-electron chi connectivity index (χ4n) is 5.30. The number of hydrogen-bond donors (Lipinski definition) is 1. The zero-order valence-corrected chi connectivity index (χ0v) is 23.4. The number of benzene rings is 3. The second kappa shape index (κ2) is 12.9. The van der Waals surface area contributed by atoms with Crippen molar-refractivity contribution in [1.29, 1.82) is 0 Å². The van der Waals surface area contributed by atoms with E-state index >= 15 is 0 Å². The second-order valence-corrected chi connectivity index (χ2v) is 19.3. The Balaban J connectivity index is 0.00000162. The van der Waals surface area contributed by atoms with E-state index in [0.717, 1.165) is 12.8 Å². The van der Waals surface area contributed by atoms with Gasteiger partial charge in [-0.2, -0.15) is 0 Å². The zero-order valence-electron chi connectivity index (χ0n) is 19.2. The predicted molar refractivity (Wildman–Crippen MR) is 132 cm³/mol. The molecule has 0 bridgehead atoms. The molecule has 0 spiro atoms. The maximum Gasteiger partial charge on any atom is -1.00 e. The summed E-state index contributed by atoms with van der Waals surface area (Å²) < 4.78 is 4.18. The number of amides is 1. The number of fused-ring (bicyclic) bond motifs is 1. The van der Waals surface area contributed by atoms with Crippen LogP contribution in [0.4, 0.5) is 0 Å². The van der Waals surface area contributed by atoms with Gasteiger partial charge in [-0.05, 0) is 0 Å². The Hall–Kier alpha value is -1.62. The van der Waals surface area contributed by atoms with E-state index in [4.69, 9.17) is 0 Å². The number of carbonyl (C=O) groups is 1. The third-order valence-electron chi connectivity index (χ3n) is 6.95. The van der Waals surface area contributed by atoms with Crippen molar-refractivity contribution in [2.75, 3.05) is 0 Å². The molecule has 1 unspecified atom stereocenters. The standard InChI is InChI=1S/C12H11Si.C9H7.C7H13NO.2ClH.Ti/c1-3-7-11(8-4-1)13-12-9-5-2-6-10-12;1-2-5-9-7-3-6-8(9)4-1;8-7(9)6-4-2-1-3-5-6;;;/h1-10,13H;1-7H;6H,1-5H2,(H2,8,9);2*1H;/q;;;;;+3/p-3. The summed E-state index contributed by atoms with van der Waals surface area (Å²) in [6.45, 7) is -1.60. The van der Waals surface area contributed by atoms with Gasteiger partial charge in [-0.1, -0.05) is 0 Å². The van der Waals surface area contributed by atoms with Crippen LogP contribution in [0.1, 0.15) is 47.5 Å². The first-order valence-electron chi connectivity index (χ1n) is 11.9. The number of carbonyl (C=O) groups excluding carboxylic acids is 1. The molecule has 2 nitrogen and oxygen atoms in total. The average molecular weight is 543 g/mol. The molecule has 1 fully saturated rings. The van der Waals surface area contributed by atoms with Crippen LogP contribution in [0.25, 0.3) is 6.08 Å². The minimum Gasteiger partial charge on any atom is -1.00 e. The molecule has 2 aliphatic carbocycles. The number of hydrogen-bond acceptors (Lipinski definition) is 1. The Bertz CT molecular complexity index is 1050. The number of rotatable bonds is 6. The van der Waals surface area contributed by atoms with Gasteiger partial charge in [0, 0.05) is 0 Å². The molecule has 1 atom stereocenters. The van der Waals surface area contributed by atoms with Crippen molar-refractivity contribution >= 4 is 29.0 Å². The molecule has 1 N–H and O–H groups in total. The van der Waals surface area contributed by atoms with E-state index in [1.165, 1.54) is 40.8 Å². The molecule has 0 aromatic heterocycles. The fraction of sp³-hybridized carbons (Fsp3) is 0.250. The van der Waals surface area contributed by atoms with Crippen molar-refractivity contribution in [3.05, 3.63) is 102 Å². The Morgan fingerprint density at radius 1 is 0.765 bits per heavy atom. The molecule has 6 heteroatoms. The monoisotopic (exact) mass is 542 g/mol. The number of nitrogens with one attached hydrogen (secondary N) is 1. The summed E-state index contributed by atoms with van der Waals surface area (Å²) in [6.07, 6.45) is 10.4. The van der Waals surface area contributed by atoms with E-state index in [9.17, 15) is 4.79 Å². The molecule has 3 aromatic rings. The van der Waals surface area contributed by atoms with Gasteiger partial charge < -0.3 is 24.8 Å². The quantitative estimate of drug-likeness (QED) is 0.379. The second-order valence-electron chi connectivity index (χ2n) is 9.00. The van der Waals surface area contributed by atoms with Crippen molar-refractivity contribution in [3.8, 4) is 0 Å². The Labute approximate surface area is 223 Å². The molecule has 1 saturated carbocycles. The van der Waals surface area contributed by atoms with Crippen molar-refractivity contribution in [2.24, 2.45) is 5.92 Å². The Morgan fingerprint density at radius 2 is 1.32 bits per heavy atom. The first-order valence-corrected chi connectivity index (χ1v) is 18.0. The summed E-state index contributed by atoms with van der Waals surface area (Å²) >= 11 is -2.14. The fourth-order valence-corrected chi connectivity index (χ4v) is 19.8. The van der Waals surface area contributed by atoms with Gasteiger partial charge in [-0.15, -0.1) is 0 Å². The van der Waals surface area contributed by atoms with Crippen LogP contribution < -0.4 is 39.0 Å². The van der Waals surface area contributed by atoms with Crippen LogP contribution in [-0.2, 0) is 22.2 Å². The van der Waals surface area contributed by atoms with Gasteiger partial charge in [0.2, 0.25) is 0 Å². The van der Waals surface area contributed by atoms with Crippen molar-refractivity contribution in [2.45, 2.75) is 36.3 Å². The van der Waals surface area contributed by atoms with Gasteiger partial charge in [0.15, 0.2) is 0 Å². The molecule has 0 heterocycles. The summed E-state index contributed by atoms with van der Waals surface area (Å²) in [4.78, 5) is 13.6. The van der Waals surface area contributed by atoms with Crippen molar-refractivity contribution in [3.63, 3.8) is 0 Å². The summed E-state index contributed by atoms with van der Waals surface area (Å²) in [6, 6.07) is 30.8. The molecule has 5 rings (SSSR count). The zero-order chi connectivity index (χ0) is 21.8. The third kappa shape index (κ3) is 5.95. The summed E-state index contributed by atoms with van der Waals surface area (Å²) in [5.74, 6) is 0.537. The normalized spacial score (nSPS) is 16.8. The van der Waals surface area contributed by atoms with Gasteiger partial charge in [0.25, 0.3) is 0 Å². The molecule has 3 aromatic carbocycles. The maximum absolute atomic E-state index is 13.6. The third-order valence-corrected chi connectivity index (χ3v) is 20.5. The van der Waals surface area contributed by atoms with Gasteiger partial charge in [-0.3, -0.25) is 0 Å². The van der Waals surface area contributed by atoms with Crippen LogP contribution in [0.15, 0.2) is 91.0 Å². The number of halogens is 2. The molecule has 2 aliphatic rings. The Morgan fingerprint density at radius 3 is 1.94 bits per heavy atom. The van der Waals surface area contributed by atoms with Crippen LogP contribution in [0.5, 0.6) is 0 Å². The molecule has 0 saturated heterocycles. The van der Waals surface area contributed by atoms with Crippen molar-refractivity contribution in [1.82, 2.24) is 3.80 Å². The topological polar surface area (TPSA) is 29.1 Å². The van der Waals surface area contributed by atoms with Gasteiger partial charge >= 0.3 is 199 Å². The van der Waals surface area contributed by atoms with E-state index in [0.29, 0.717) is 10.1 Å². The summed E-state index contributed by atoms with van der Waals surface area (Å²) in [5.41, 5.74) is 2.74.